The van der Waals surface area contributed by atoms with Crippen LogP contribution in [0.25, 0.3) is 10.8 Å². The molecule has 0 radical (unpaired) electrons. The number of methoxy groups -OCH3 is 1. The summed E-state index contributed by atoms with van der Waals surface area (Å²) < 4.78 is 21.3. The van der Waals surface area contributed by atoms with E-state index in [0.717, 1.165) is 50.2 Å². The Morgan fingerprint density at radius 2 is 1.31 bits per heavy atom. The van der Waals surface area contributed by atoms with Gasteiger partial charge in [-0.1, -0.05) is 124 Å². The molecule has 0 saturated heterocycles. The number of nitrogens with zero attached hydrogens (tertiary/aromatic N) is 2. The molecule has 0 amide bonds. The van der Waals surface area contributed by atoms with Crippen molar-refractivity contribution in [3.05, 3.63) is 162 Å². The van der Waals surface area contributed by atoms with Crippen LogP contribution in [0.5, 0.6) is 11.5 Å². The molecule has 1 atom stereocenters. The maximum atomic E-state index is 6.82. The number of hydrogen-bond acceptors (Lipinski definition) is 4. The quantitative estimate of drug-likeness (QED) is 0.103. The zero-order valence-corrected chi connectivity index (χ0v) is 30.1. The van der Waals surface area contributed by atoms with Gasteiger partial charge in [-0.3, -0.25) is 0 Å². The Kier molecular flexibility index (Phi) is 9.32. The van der Waals surface area contributed by atoms with Gasteiger partial charge >= 0.3 is 0 Å². The Hall–Kier alpha value is -4.65. The Labute approximate surface area is 286 Å². The molecule has 0 aliphatic carbocycles. The Morgan fingerprint density at radius 3 is 1.83 bits per heavy atom. The summed E-state index contributed by atoms with van der Waals surface area (Å²) in [6.07, 6.45) is 3.92. The molecule has 0 fully saturated rings. The molecule has 5 aromatic carbocycles. The molecule has 0 aliphatic heterocycles. The average molecular weight is 655 g/mol. The lowest BCUT2D eigenvalue weighted by molar-refractivity contribution is 0.200. The third-order valence-electron chi connectivity index (χ3n) is 9.88. The summed E-state index contributed by atoms with van der Waals surface area (Å²) in [6.45, 7) is 13.9. The molecular weight excluding hydrogens is 609 g/mol. The highest BCUT2D eigenvalue weighted by atomic mass is 28.4. The molecule has 0 aliphatic rings. The third kappa shape index (κ3) is 6.30. The van der Waals surface area contributed by atoms with E-state index in [1.165, 1.54) is 0 Å². The number of imidazole rings is 1. The van der Waals surface area contributed by atoms with Crippen LogP contribution in [0, 0.1) is 0 Å². The summed E-state index contributed by atoms with van der Waals surface area (Å²) in [5, 5.41) is 2.29. The van der Waals surface area contributed by atoms with E-state index in [-0.39, 0.29) is 11.1 Å². The summed E-state index contributed by atoms with van der Waals surface area (Å²) in [4.78, 5) is 4.86. The first kappa shape index (κ1) is 33.3. The normalized spacial score (nSPS) is 13.0. The predicted octanol–water partition coefficient (Wildman–Crippen LogP) is 10.5. The molecule has 0 spiro atoms. The van der Waals surface area contributed by atoms with Crippen LogP contribution in [0.1, 0.15) is 61.7 Å². The molecule has 5 nitrogen and oxygen atoms in total. The lowest BCUT2D eigenvalue weighted by Gasteiger charge is -2.39. The maximum absolute atomic E-state index is 6.82. The first-order valence-electron chi connectivity index (χ1n) is 16.7. The second kappa shape index (κ2) is 13.5. The van der Waals surface area contributed by atoms with Gasteiger partial charge < -0.3 is 18.5 Å². The fourth-order valence-electron chi connectivity index (χ4n) is 6.44. The number of benzene rings is 5. The minimum absolute atomic E-state index is 0.107. The fourth-order valence-corrected chi connectivity index (χ4v) is 7.80. The Morgan fingerprint density at radius 1 is 0.750 bits per heavy atom. The molecule has 0 N–H and O–H groups in total. The van der Waals surface area contributed by atoms with Crippen LogP contribution in [0.15, 0.2) is 134 Å². The molecule has 48 heavy (non-hydrogen) atoms. The minimum atomic E-state index is -2.00. The molecule has 0 bridgehead atoms. The largest absolute Gasteiger partial charge is 0.496 e. The Balaban J connectivity index is 1.32. The van der Waals surface area contributed by atoms with Crippen molar-refractivity contribution in [2.45, 2.75) is 64.1 Å². The first-order chi connectivity index (χ1) is 23.0. The van der Waals surface area contributed by atoms with Gasteiger partial charge in [0.2, 0.25) is 0 Å². The van der Waals surface area contributed by atoms with Crippen LogP contribution in [0.2, 0.25) is 18.1 Å². The van der Waals surface area contributed by atoms with Crippen molar-refractivity contribution in [1.29, 1.82) is 0 Å². The zero-order valence-electron chi connectivity index (χ0n) is 29.1. The molecule has 6 aromatic rings. The van der Waals surface area contributed by atoms with Gasteiger partial charge in [-0.15, -0.1) is 0 Å². The second-order valence-electron chi connectivity index (χ2n) is 14.0. The van der Waals surface area contributed by atoms with Gasteiger partial charge in [-0.2, -0.15) is 0 Å². The fraction of sp³-hybridized carbons (Fsp3) is 0.262. The minimum Gasteiger partial charge on any atom is -0.496 e. The topological polar surface area (TPSA) is 45.5 Å². The number of rotatable bonds is 11. The van der Waals surface area contributed by atoms with Crippen molar-refractivity contribution in [3.63, 3.8) is 0 Å². The van der Waals surface area contributed by atoms with Crippen LogP contribution in [0.4, 0.5) is 0 Å². The van der Waals surface area contributed by atoms with Crippen LogP contribution >= 0.6 is 0 Å². The van der Waals surface area contributed by atoms with E-state index in [0.29, 0.717) is 6.61 Å². The molecule has 1 heterocycles. The molecule has 6 heteroatoms. The van der Waals surface area contributed by atoms with Crippen molar-refractivity contribution in [3.8, 4) is 11.5 Å². The highest BCUT2D eigenvalue weighted by Crippen LogP contribution is 2.44. The van der Waals surface area contributed by atoms with Crippen LogP contribution in [-0.4, -0.2) is 25.0 Å². The summed E-state index contributed by atoms with van der Waals surface area (Å²) >= 11 is 0. The van der Waals surface area contributed by atoms with Gasteiger partial charge in [0.1, 0.15) is 23.6 Å². The van der Waals surface area contributed by atoms with Gasteiger partial charge in [0.15, 0.2) is 8.32 Å². The molecule has 1 unspecified atom stereocenters. The van der Waals surface area contributed by atoms with Gasteiger partial charge in [0, 0.05) is 11.8 Å². The standard InChI is InChI=1S/C42H46N2O3Si/c1-31(47-48(6,7)41(2,3)4)40-38-25-24-37(27-32(38)23-26-39(40)45-5)46-29-36-28-44(30-43-36)42(33-17-11-8-12-18-33,34-19-13-9-14-20-34)35-21-15-10-16-22-35/h8-28,30-31H,29H2,1-7H3. The summed E-state index contributed by atoms with van der Waals surface area (Å²) in [5.41, 5.74) is 4.76. The van der Waals surface area contributed by atoms with E-state index in [2.05, 4.69) is 161 Å². The van der Waals surface area contributed by atoms with E-state index in [9.17, 15) is 0 Å². The summed E-state index contributed by atoms with van der Waals surface area (Å²) in [6, 6.07) is 42.2. The van der Waals surface area contributed by atoms with Crippen molar-refractivity contribution < 1.29 is 13.9 Å². The average Bonchev–Trinajstić information content (AvgIpc) is 3.57. The lowest BCUT2D eigenvalue weighted by Crippen LogP contribution is -2.41. The second-order valence-corrected chi connectivity index (χ2v) is 18.7. The number of ether oxygens (including phenoxy) is 2. The van der Waals surface area contributed by atoms with Crippen molar-refractivity contribution in [2.75, 3.05) is 7.11 Å². The molecule has 246 valence electrons. The summed E-state index contributed by atoms with van der Waals surface area (Å²) in [7, 11) is -0.276. The number of aromatic nitrogens is 2. The maximum Gasteiger partial charge on any atom is 0.192 e. The Bertz CT molecular complexity index is 1870. The number of hydrogen-bond donors (Lipinski definition) is 0. The van der Waals surface area contributed by atoms with E-state index >= 15 is 0 Å². The molecule has 6 rings (SSSR count). The van der Waals surface area contributed by atoms with E-state index in [1.807, 2.05) is 18.5 Å². The number of fused-ring (bicyclic) bond motifs is 1. The molecule has 0 saturated carbocycles. The van der Waals surface area contributed by atoms with Gasteiger partial charge in [-0.05, 0) is 70.7 Å². The highest BCUT2D eigenvalue weighted by Gasteiger charge is 2.40. The molecular formula is C42H46N2O3Si. The lowest BCUT2D eigenvalue weighted by atomic mass is 9.77. The predicted molar refractivity (Wildman–Crippen MR) is 198 cm³/mol. The van der Waals surface area contributed by atoms with E-state index < -0.39 is 13.9 Å². The van der Waals surface area contributed by atoms with Crippen LogP contribution in [-0.2, 0) is 16.6 Å². The molecule has 1 aromatic heterocycles. The van der Waals surface area contributed by atoms with Gasteiger partial charge in [0.25, 0.3) is 0 Å². The van der Waals surface area contributed by atoms with Crippen molar-refractivity contribution in [2.24, 2.45) is 0 Å². The van der Waals surface area contributed by atoms with E-state index in [4.69, 9.17) is 18.9 Å². The van der Waals surface area contributed by atoms with E-state index in [1.54, 1.807) is 7.11 Å². The van der Waals surface area contributed by atoms with Crippen molar-refractivity contribution in [1.82, 2.24) is 9.55 Å². The van der Waals surface area contributed by atoms with Crippen LogP contribution in [0.3, 0.4) is 0 Å². The SMILES string of the molecule is COc1ccc2cc(OCc3cn(C(c4ccccc4)(c4ccccc4)c4ccccc4)cn3)ccc2c1C(C)O[Si](C)(C)C(C)(C)C. The van der Waals surface area contributed by atoms with Gasteiger partial charge in [-0.25, -0.2) is 4.98 Å². The van der Waals surface area contributed by atoms with Gasteiger partial charge in [0.05, 0.1) is 25.2 Å². The zero-order chi connectivity index (χ0) is 33.9. The third-order valence-corrected chi connectivity index (χ3v) is 14.4. The highest BCUT2D eigenvalue weighted by molar-refractivity contribution is 6.74. The smallest absolute Gasteiger partial charge is 0.192 e. The van der Waals surface area contributed by atoms with Crippen molar-refractivity contribution >= 4 is 19.1 Å². The monoisotopic (exact) mass is 654 g/mol. The summed E-state index contributed by atoms with van der Waals surface area (Å²) in [5.74, 6) is 1.62. The first-order valence-corrected chi connectivity index (χ1v) is 19.6. The van der Waals surface area contributed by atoms with Crippen LogP contribution < -0.4 is 9.47 Å².